The van der Waals surface area contributed by atoms with E-state index < -0.39 is 8.07 Å². The molecule has 3 aromatic rings. The fraction of sp³-hybridized carbons (Fsp3) is 0.476. The van der Waals surface area contributed by atoms with Gasteiger partial charge < -0.3 is 29.4 Å². The fourth-order valence-electron chi connectivity index (χ4n) is 9.02. The summed E-state index contributed by atoms with van der Waals surface area (Å²) in [5.74, 6) is 0. The van der Waals surface area contributed by atoms with Gasteiger partial charge in [-0.1, -0.05) is 29.3 Å². The van der Waals surface area contributed by atoms with Gasteiger partial charge in [-0.25, -0.2) is 0 Å². The van der Waals surface area contributed by atoms with E-state index in [1.807, 2.05) is 0 Å². The van der Waals surface area contributed by atoms with Gasteiger partial charge in [0.15, 0.2) is 8.07 Å². The Bertz CT molecular complexity index is 1620. The normalized spacial score (nSPS) is 13.8. The summed E-state index contributed by atoms with van der Waals surface area (Å²) in [6.45, 7) is 16.7. The van der Waals surface area contributed by atoms with Crippen LogP contribution >= 0.6 is 0 Å². The van der Waals surface area contributed by atoms with E-state index in [2.05, 4.69) is 199 Å². The number of nitrogens with zero attached hydrogens (tertiary/aromatic N) is 6. The van der Waals surface area contributed by atoms with Crippen LogP contribution < -0.4 is 45.0 Å². The Labute approximate surface area is 300 Å². The highest BCUT2D eigenvalue weighted by atomic mass is 28.3. The molecule has 7 heteroatoms. The second-order valence-corrected chi connectivity index (χ2v) is 19.4. The molecule has 0 saturated heterocycles. The molecular weight excluding hydrogens is 617 g/mol. The lowest BCUT2D eigenvalue weighted by atomic mass is 10.1. The number of hydrogen-bond donors (Lipinski definition) is 0. The molecule has 0 radical (unpaired) electrons. The Kier molecular flexibility index (Phi) is 10.7. The van der Waals surface area contributed by atoms with Crippen molar-refractivity contribution < 1.29 is 0 Å². The third-order valence-electron chi connectivity index (χ3n) is 11.3. The monoisotopic (exact) mass is 680 g/mol. The Balaban J connectivity index is 2.47. The molecule has 49 heavy (non-hydrogen) atoms. The third-order valence-corrected chi connectivity index (χ3v) is 17.2. The van der Waals surface area contributed by atoms with Crippen LogP contribution in [-0.4, -0.2) is 92.6 Å². The summed E-state index contributed by atoms with van der Waals surface area (Å²) in [6, 6.07) is 14.7. The fourth-order valence-corrected chi connectivity index (χ4v) is 15.7. The summed E-state index contributed by atoms with van der Waals surface area (Å²) in [7, 11) is 23.2. The number of benzene rings is 3. The van der Waals surface area contributed by atoms with E-state index in [1.54, 1.807) is 0 Å². The van der Waals surface area contributed by atoms with E-state index in [0.29, 0.717) is 0 Å². The summed E-state index contributed by atoms with van der Waals surface area (Å²) in [5.41, 5.74) is 17.9. The van der Waals surface area contributed by atoms with E-state index in [0.717, 1.165) is 0 Å². The summed E-state index contributed by atoms with van der Waals surface area (Å²) in [6.07, 6.45) is 0. The molecule has 266 valence electrons. The average Bonchev–Trinajstić information content (AvgIpc) is 3.19. The van der Waals surface area contributed by atoms with Crippen molar-refractivity contribution in [3.8, 4) is 0 Å². The predicted molar refractivity (Wildman–Crippen MR) is 225 cm³/mol. The van der Waals surface area contributed by atoms with E-state index in [1.165, 1.54) is 88.7 Å². The van der Waals surface area contributed by atoms with Gasteiger partial charge in [0.2, 0.25) is 0 Å². The minimum atomic E-state index is -2.99. The van der Waals surface area contributed by atoms with Crippen molar-refractivity contribution in [1.82, 2.24) is 0 Å². The molecule has 1 aliphatic rings. The molecule has 0 heterocycles. The highest BCUT2D eigenvalue weighted by Crippen LogP contribution is 2.49. The van der Waals surface area contributed by atoms with Crippen LogP contribution in [0.1, 0.15) is 44.4 Å². The zero-order valence-electron chi connectivity index (χ0n) is 34.2. The topological polar surface area (TPSA) is 19.4 Å². The van der Waals surface area contributed by atoms with Crippen LogP contribution in [0.25, 0.3) is 0 Å². The molecular formula is C42H64N6Si. The Morgan fingerprint density at radius 2 is 0.612 bits per heavy atom. The van der Waals surface area contributed by atoms with Gasteiger partial charge in [0.1, 0.15) is 0 Å². The third kappa shape index (κ3) is 5.92. The van der Waals surface area contributed by atoms with Crippen LogP contribution in [0.2, 0.25) is 5.54 Å². The number of anilines is 6. The lowest BCUT2D eigenvalue weighted by Gasteiger charge is -2.45. The first kappa shape index (κ1) is 38.0. The van der Waals surface area contributed by atoms with Crippen molar-refractivity contribution in [3.05, 3.63) is 75.4 Å². The number of hydrogen-bond acceptors (Lipinski definition) is 6. The van der Waals surface area contributed by atoms with Crippen LogP contribution in [0.3, 0.4) is 0 Å². The van der Waals surface area contributed by atoms with E-state index >= 15 is 0 Å². The van der Waals surface area contributed by atoms with Gasteiger partial charge in [0.25, 0.3) is 0 Å². The van der Waals surface area contributed by atoms with E-state index in [9.17, 15) is 0 Å². The van der Waals surface area contributed by atoms with Crippen LogP contribution in [-0.2, 0) is 0 Å². The molecule has 0 bridgehead atoms. The maximum atomic E-state index is 2.51. The molecule has 3 aromatic carbocycles. The molecule has 0 atom stereocenters. The van der Waals surface area contributed by atoms with Crippen molar-refractivity contribution in [1.29, 1.82) is 0 Å². The zero-order valence-corrected chi connectivity index (χ0v) is 35.2. The first-order valence-corrected chi connectivity index (χ1v) is 19.6. The van der Waals surface area contributed by atoms with Crippen molar-refractivity contribution in [2.24, 2.45) is 0 Å². The number of rotatable bonds is 10. The maximum absolute atomic E-state index is 2.99. The lowest BCUT2D eigenvalue weighted by Crippen LogP contribution is -2.72. The van der Waals surface area contributed by atoms with Crippen LogP contribution in [0, 0.1) is 20.8 Å². The van der Waals surface area contributed by atoms with Crippen LogP contribution in [0.4, 0.5) is 34.1 Å². The summed E-state index contributed by atoms with van der Waals surface area (Å²) < 4.78 is 0. The molecule has 0 unspecified atom stereocenters. The van der Waals surface area contributed by atoms with Crippen LogP contribution in [0.15, 0.2) is 58.7 Å². The second-order valence-electron chi connectivity index (χ2n) is 15.5. The maximum Gasteiger partial charge on any atom is 0.160 e. The quantitative estimate of drug-likeness (QED) is 0.178. The Morgan fingerprint density at radius 1 is 0.367 bits per heavy atom. The second kappa shape index (κ2) is 13.8. The van der Waals surface area contributed by atoms with Gasteiger partial charge in [-0.15, -0.1) is 0 Å². The smallest absolute Gasteiger partial charge is 0.160 e. The molecule has 4 rings (SSSR count). The van der Waals surface area contributed by atoms with Crippen molar-refractivity contribution in [2.75, 3.05) is 114 Å². The minimum Gasteiger partial charge on any atom is -0.376 e. The zero-order chi connectivity index (χ0) is 37.0. The molecule has 0 N–H and O–H groups in total. The van der Waals surface area contributed by atoms with E-state index in [4.69, 9.17) is 0 Å². The summed E-state index contributed by atoms with van der Waals surface area (Å²) >= 11 is 0. The minimum absolute atomic E-state index is 0.254. The number of allylic oxidation sites excluding steroid dienone is 4. The summed E-state index contributed by atoms with van der Waals surface area (Å²) in [5, 5.41) is 4.47. The molecule has 0 spiro atoms. The lowest BCUT2D eigenvalue weighted by molar-refractivity contribution is 1.05. The van der Waals surface area contributed by atoms with Crippen molar-refractivity contribution in [3.63, 3.8) is 0 Å². The highest BCUT2D eigenvalue weighted by Gasteiger charge is 2.53. The highest BCUT2D eigenvalue weighted by molar-refractivity contribution is 7.14. The molecule has 0 saturated carbocycles. The molecule has 0 amide bonds. The summed E-state index contributed by atoms with van der Waals surface area (Å²) in [4.78, 5) is 13.8. The standard InChI is InChI=1S/C42H64N6Si/c1-26-27(2)29(4)42(28(26)3)49(36-23-20-33(43(8)9)39(30(36)5)46(14)15,37-24-21-34(44(10)11)40(31(37)6)47(16)17)38-25-22-35(45(12)13)41(32(38)7)48(18)19/h20-25,42H,1-19H3. The first-order chi connectivity index (χ1) is 22.7. The van der Waals surface area contributed by atoms with E-state index in [-0.39, 0.29) is 5.54 Å². The van der Waals surface area contributed by atoms with Crippen LogP contribution in [0.5, 0.6) is 0 Å². The van der Waals surface area contributed by atoms with Gasteiger partial charge in [0.05, 0.1) is 34.1 Å². The van der Waals surface area contributed by atoms with Crippen molar-refractivity contribution in [2.45, 2.75) is 54.0 Å². The molecule has 0 aromatic heterocycles. The van der Waals surface area contributed by atoms with Gasteiger partial charge in [0, 0.05) is 90.1 Å². The van der Waals surface area contributed by atoms with Crippen molar-refractivity contribution >= 4 is 57.8 Å². The molecule has 6 nitrogen and oxygen atoms in total. The Morgan fingerprint density at radius 3 is 0.816 bits per heavy atom. The first-order valence-electron chi connectivity index (χ1n) is 17.6. The van der Waals surface area contributed by atoms with Gasteiger partial charge in [-0.3, -0.25) is 0 Å². The molecule has 0 aliphatic heterocycles. The van der Waals surface area contributed by atoms with Gasteiger partial charge >= 0.3 is 0 Å². The Hall–Kier alpha value is -3.84. The largest absolute Gasteiger partial charge is 0.376 e. The average molecular weight is 681 g/mol. The van der Waals surface area contributed by atoms with Gasteiger partial charge in [-0.2, -0.15) is 0 Å². The predicted octanol–water partition coefficient (Wildman–Crippen LogP) is 6.53. The molecule has 0 fully saturated rings. The van der Waals surface area contributed by atoms with Gasteiger partial charge in [-0.05, 0) is 110 Å². The SMILES string of the molecule is CC1=C(C)C([Si](c2ccc(N(C)C)c(N(C)C)c2C)(c2ccc(N(C)C)c(N(C)C)c2C)c2ccc(N(C)C)c(N(C)C)c2C)C(C)=C1C. The molecule has 1 aliphatic carbocycles.